The van der Waals surface area contributed by atoms with Crippen LogP contribution >= 0.6 is 0 Å². The first kappa shape index (κ1) is 11.3. The van der Waals surface area contributed by atoms with Gasteiger partial charge in [0.15, 0.2) is 5.82 Å². The summed E-state index contributed by atoms with van der Waals surface area (Å²) < 4.78 is 18.8. The average Bonchev–Trinajstić information content (AvgIpc) is 2.97. The highest BCUT2D eigenvalue weighted by atomic mass is 19.1. The molecule has 1 aliphatic carbocycles. The zero-order chi connectivity index (χ0) is 12.8. The Hall–Kier alpha value is -1.75. The number of benzene rings is 1. The molecule has 1 aromatic carbocycles. The summed E-state index contributed by atoms with van der Waals surface area (Å²) in [5.41, 5.74) is 6.99. The minimum absolute atomic E-state index is 0.209. The fourth-order valence-corrected chi connectivity index (χ4v) is 2.50. The number of hydrogen-bond acceptors (Lipinski definition) is 4. The molecule has 4 nitrogen and oxygen atoms in total. The lowest BCUT2D eigenvalue weighted by molar-refractivity contribution is 0.363. The second kappa shape index (κ2) is 3.88. The second-order valence-electron chi connectivity index (χ2n) is 4.60. The monoisotopic (exact) mass is 247 g/mol. The molecule has 1 aromatic heterocycles. The van der Waals surface area contributed by atoms with Crippen molar-refractivity contribution < 1.29 is 8.91 Å². The third-order valence-corrected chi connectivity index (χ3v) is 3.54. The SMILES string of the molecule is CCc1nc(C2(N)CCc3c(F)cccc32)no1. The van der Waals surface area contributed by atoms with Crippen LogP contribution in [0.4, 0.5) is 4.39 Å². The van der Waals surface area contributed by atoms with Gasteiger partial charge in [0.1, 0.15) is 11.4 Å². The van der Waals surface area contributed by atoms with Crippen LogP contribution in [0.25, 0.3) is 0 Å². The first-order chi connectivity index (χ1) is 8.65. The normalized spacial score (nSPS) is 22.2. The van der Waals surface area contributed by atoms with Gasteiger partial charge in [-0.3, -0.25) is 0 Å². The van der Waals surface area contributed by atoms with Gasteiger partial charge in [0.05, 0.1) is 0 Å². The number of nitrogens with zero attached hydrogens (tertiary/aromatic N) is 2. The van der Waals surface area contributed by atoms with Crippen molar-refractivity contribution >= 4 is 0 Å². The molecule has 0 fully saturated rings. The highest BCUT2D eigenvalue weighted by molar-refractivity contribution is 5.43. The zero-order valence-electron chi connectivity index (χ0n) is 10.1. The third kappa shape index (κ3) is 1.47. The van der Waals surface area contributed by atoms with Gasteiger partial charge in [-0.1, -0.05) is 24.2 Å². The molecule has 1 heterocycles. The number of rotatable bonds is 2. The van der Waals surface area contributed by atoms with Crippen molar-refractivity contribution in [3.63, 3.8) is 0 Å². The summed E-state index contributed by atoms with van der Waals surface area (Å²) >= 11 is 0. The lowest BCUT2D eigenvalue weighted by Crippen LogP contribution is -2.36. The van der Waals surface area contributed by atoms with Crippen molar-refractivity contribution in [2.45, 2.75) is 31.7 Å². The lowest BCUT2D eigenvalue weighted by Gasteiger charge is -2.20. The number of aromatic nitrogens is 2. The van der Waals surface area contributed by atoms with Gasteiger partial charge in [-0.05, 0) is 30.0 Å². The smallest absolute Gasteiger partial charge is 0.226 e. The van der Waals surface area contributed by atoms with E-state index >= 15 is 0 Å². The Labute approximate surface area is 104 Å². The van der Waals surface area contributed by atoms with Crippen LogP contribution in [0.1, 0.15) is 36.2 Å². The molecule has 94 valence electrons. The predicted octanol–water partition coefficient (Wildman–Crippen LogP) is 1.92. The number of aryl methyl sites for hydroxylation is 1. The highest BCUT2D eigenvalue weighted by Crippen LogP contribution is 2.39. The molecule has 1 atom stereocenters. The van der Waals surface area contributed by atoms with E-state index in [4.69, 9.17) is 10.3 Å². The molecule has 0 aliphatic heterocycles. The minimum atomic E-state index is -0.825. The molecule has 0 amide bonds. The van der Waals surface area contributed by atoms with Crippen molar-refractivity contribution in [3.05, 3.63) is 46.9 Å². The quantitative estimate of drug-likeness (QED) is 0.880. The second-order valence-corrected chi connectivity index (χ2v) is 4.60. The Kier molecular flexibility index (Phi) is 2.45. The van der Waals surface area contributed by atoms with Crippen molar-refractivity contribution in [1.82, 2.24) is 10.1 Å². The molecular weight excluding hydrogens is 233 g/mol. The average molecular weight is 247 g/mol. The van der Waals surface area contributed by atoms with E-state index in [-0.39, 0.29) is 5.82 Å². The number of fused-ring (bicyclic) bond motifs is 1. The Morgan fingerprint density at radius 2 is 2.33 bits per heavy atom. The molecule has 3 rings (SSSR count). The summed E-state index contributed by atoms with van der Waals surface area (Å²) in [7, 11) is 0. The van der Waals surface area contributed by atoms with E-state index in [1.54, 1.807) is 6.07 Å². The summed E-state index contributed by atoms with van der Waals surface area (Å²) in [6, 6.07) is 4.97. The largest absolute Gasteiger partial charge is 0.339 e. The van der Waals surface area contributed by atoms with Gasteiger partial charge in [0.2, 0.25) is 5.89 Å². The Balaban J connectivity index is 2.11. The van der Waals surface area contributed by atoms with Gasteiger partial charge in [-0.25, -0.2) is 4.39 Å². The van der Waals surface area contributed by atoms with Gasteiger partial charge in [0, 0.05) is 6.42 Å². The van der Waals surface area contributed by atoms with E-state index in [2.05, 4.69) is 10.1 Å². The van der Waals surface area contributed by atoms with Crippen LogP contribution in [-0.4, -0.2) is 10.1 Å². The lowest BCUT2D eigenvalue weighted by atomic mass is 9.92. The van der Waals surface area contributed by atoms with Crippen LogP contribution in [-0.2, 0) is 18.4 Å². The van der Waals surface area contributed by atoms with E-state index in [0.717, 1.165) is 5.56 Å². The maximum atomic E-state index is 13.7. The van der Waals surface area contributed by atoms with Gasteiger partial charge in [-0.2, -0.15) is 4.98 Å². The standard InChI is InChI=1S/C13H14FN3O/c1-2-11-16-12(17-18-11)13(15)7-6-8-9(13)4-3-5-10(8)14/h3-5H,2,6-7,15H2,1H3. The molecule has 0 spiro atoms. The van der Waals surface area contributed by atoms with Gasteiger partial charge < -0.3 is 10.3 Å². The van der Waals surface area contributed by atoms with E-state index in [1.807, 2.05) is 13.0 Å². The number of nitrogens with two attached hydrogens (primary N) is 1. The van der Waals surface area contributed by atoms with Crippen molar-refractivity contribution in [3.8, 4) is 0 Å². The molecule has 1 aliphatic rings. The van der Waals surface area contributed by atoms with Gasteiger partial charge >= 0.3 is 0 Å². The topological polar surface area (TPSA) is 64.9 Å². The van der Waals surface area contributed by atoms with Crippen LogP contribution in [0, 0.1) is 5.82 Å². The molecule has 2 aromatic rings. The number of halogens is 1. The number of hydrogen-bond donors (Lipinski definition) is 1. The van der Waals surface area contributed by atoms with E-state index < -0.39 is 5.54 Å². The van der Waals surface area contributed by atoms with Crippen LogP contribution in [0.5, 0.6) is 0 Å². The van der Waals surface area contributed by atoms with Crippen LogP contribution < -0.4 is 5.73 Å². The molecule has 5 heteroatoms. The minimum Gasteiger partial charge on any atom is -0.339 e. The zero-order valence-corrected chi connectivity index (χ0v) is 10.1. The molecule has 0 saturated heterocycles. The molecule has 18 heavy (non-hydrogen) atoms. The summed E-state index contributed by atoms with van der Waals surface area (Å²) in [6.07, 6.45) is 1.87. The fraction of sp³-hybridized carbons (Fsp3) is 0.385. The highest BCUT2D eigenvalue weighted by Gasteiger charge is 2.41. The third-order valence-electron chi connectivity index (χ3n) is 3.54. The van der Waals surface area contributed by atoms with Crippen LogP contribution in [0.2, 0.25) is 0 Å². The van der Waals surface area contributed by atoms with E-state index in [1.165, 1.54) is 6.07 Å². The maximum Gasteiger partial charge on any atom is 0.226 e. The van der Waals surface area contributed by atoms with Crippen LogP contribution in [0.15, 0.2) is 22.7 Å². The van der Waals surface area contributed by atoms with E-state index in [9.17, 15) is 4.39 Å². The Morgan fingerprint density at radius 1 is 1.50 bits per heavy atom. The van der Waals surface area contributed by atoms with Crippen LogP contribution in [0.3, 0.4) is 0 Å². The summed E-state index contributed by atoms with van der Waals surface area (Å²) in [6.45, 7) is 1.93. The molecule has 0 radical (unpaired) electrons. The summed E-state index contributed by atoms with van der Waals surface area (Å²) in [4.78, 5) is 4.29. The molecule has 2 N–H and O–H groups in total. The first-order valence-electron chi connectivity index (χ1n) is 6.05. The maximum absolute atomic E-state index is 13.7. The van der Waals surface area contributed by atoms with Gasteiger partial charge in [-0.15, -0.1) is 0 Å². The van der Waals surface area contributed by atoms with Crippen molar-refractivity contribution in [2.24, 2.45) is 5.73 Å². The Bertz CT molecular complexity index is 596. The molecule has 1 unspecified atom stereocenters. The molecular formula is C13H14FN3O. The van der Waals surface area contributed by atoms with E-state index in [0.29, 0.717) is 36.5 Å². The molecule has 0 saturated carbocycles. The summed E-state index contributed by atoms with van der Waals surface area (Å²) in [5.74, 6) is 0.794. The van der Waals surface area contributed by atoms with Gasteiger partial charge in [0.25, 0.3) is 0 Å². The summed E-state index contributed by atoms with van der Waals surface area (Å²) in [5, 5.41) is 3.94. The Morgan fingerprint density at radius 3 is 3.06 bits per heavy atom. The fourth-order valence-electron chi connectivity index (χ4n) is 2.50. The molecule has 0 bridgehead atoms. The first-order valence-corrected chi connectivity index (χ1v) is 6.05. The van der Waals surface area contributed by atoms with Crippen molar-refractivity contribution in [2.75, 3.05) is 0 Å². The predicted molar refractivity (Wildman–Crippen MR) is 63.4 cm³/mol. The van der Waals surface area contributed by atoms with Crippen molar-refractivity contribution in [1.29, 1.82) is 0 Å².